The largest absolute Gasteiger partial charge is 0.493 e. The van der Waals surface area contributed by atoms with Crippen LogP contribution in [0.15, 0.2) is 53.6 Å². The SMILES string of the molecule is CCOc1ccccc1C=NNC(=O)c1[nH]nc2c1CCc1ccccc1-2. The minimum atomic E-state index is -0.298. The van der Waals surface area contributed by atoms with E-state index in [-0.39, 0.29) is 5.91 Å². The summed E-state index contributed by atoms with van der Waals surface area (Å²) >= 11 is 0. The van der Waals surface area contributed by atoms with Crippen LogP contribution in [0.4, 0.5) is 0 Å². The first kappa shape index (κ1) is 17.0. The molecule has 0 bridgehead atoms. The minimum absolute atomic E-state index is 0.298. The molecule has 0 fully saturated rings. The molecule has 3 aromatic rings. The molecule has 0 atom stereocenters. The molecule has 0 unspecified atom stereocenters. The number of aromatic nitrogens is 2. The lowest BCUT2D eigenvalue weighted by Gasteiger charge is -2.15. The van der Waals surface area contributed by atoms with Gasteiger partial charge >= 0.3 is 0 Å². The molecule has 1 aliphatic carbocycles. The van der Waals surface area contributed by atoms with Crippen LogP contribution in [0.5, 0.6) is 5.75 Å². The molecule has 136 valence electrons. The van der Waals surface area contributed by atoms with E-state index in [0.29, 0.717) is 12.3 Å². The van der Waals surface area contributed by atoms with Gasteiger partial charge in [0.15, 0.2) is 0 Å². The van der Waals surface area contributed by atoms with Crippen LogP contribution in [0, 0.1) is 0 Å². The highest BCUT2D eigenvalue weighted by Gasteiger charge is 2.24. The molecule has 2 aromatic carbocycles. The van der Waals surface area contributed by atoms with Gasteiger partial charge in [-0.15, -0.1) is 0 Å². The van der Waals surface area contributed by atoms with Gasteiger partial charge < -0.3 is 4.74 Å². The number of aryl methyl sites for hydroxylation is 1. The Bertz CT molecular complexity index is 1010. The van der Waals surface area contributed by atoms with Crippen LogP contribution < -0.4 is 10.2 Å². The summed E-state index contributed by atoms with van der Waals surface area (Å²) in [5.74, 6) is 0.432. The average Bonchev–Trinajstić information content (AvgIpc) is 3.14. The van der Waals surface area contributed by atoms with E-state index in [9.17, 15) is 4.79 Å². The number of nitrogens with one attached hydrogen (secondary N) is 2. The first-order valence-corrected chi connectivity index (χ1v) is 8.98. The Labute approximate surface area is 157 Å². The van der Waals surface area contributed by atoms with E-state index in [1.165, 1.54) is 5.56 Å². The smallest absolute Gasteiger partial charge is 0.289 e. The van der Waals surface area contributed by atoms with Crippen LogP contribution in [0.25, 0.3) is 11.3 Å². The van der Waals surface area contributed by atoms with Crippen molar-refractivity contribution in [2.45, 2.75) is 19.8 Å². The Kier molecular flexibility index (Phi) is 4.70. The summed E-state index contributed by atoms with van der Waals surface area (Å²) in [6.07, 6.45) is 3.26. The molecule has 2 N–H and O–H groups in total. The summed E-state index contributed by atoms with van der Waals surface area (Å²) in [5.41, 5.74) is 7.99. The van der Waals surface area contributed by atoms with Gasteiger partial charge in [-0.05, 0) is 37.5 Å². The number of benzene rings is 2. The molecular formula is C21H20N4O2. The number of ether oxygens (including phenoxy) is 1. The molecule has 1 amide bonds. The highest BCUT2D eigenvalue weighted by Crippen LogP contribution is 2.33. The van der Waals surface area contributed by atoms with Crippen molar-refractivity contribution in [1.29, 1.82) is 0 Å². The van der Waals surface area contributed by atoms with Crippen molar-refractivity contribution in [3.05, 3.63) is 70.9 Å². The van der Waals surface area contributed by atoms with Gasteiger partial charge in [-0.3, -0.25) is 9.89 Å². The van der Waals surface area contributed by atoms with Gasteiger partial charge in [-0.2, -0.15) is 10.2 Å². The molecule has 27 heavy (non-hydrogen) atoms. The maximum absolute atomic E-state index is 12.6. The van der Waals surface area contributed by atoms with Gasteiger partial charge in [-0.25, -0.2) is 5.43 Å². The summed E-state index contributed by atoms with van der Waals surface area (Å²) in [6, 6.07) is 15.7. The van der Waals surface area contributed by atoms with Crippen molar-refractivity contribution in [3.8, 4) is 17.0 Å². The van der Waals surface area contributed by atoms with Gasteiger partial charge in [-0.1, -0.05) is 36.4 Å². The van der Waals surface area contributed by atoms with E-state index in [4.69, 9.17) is 4.74 Å². The van der Waals surface area contributed by atoms with Gasteiger partial charge in [0, 0.05) is 16.7 Å². The van der Waals surface area contributed by atoms with Gasteiger partial charge in [0.05, 0.1) is 18.5 Å². The number of fused-ring (bicyclic) bond motifs is 3. The Morgan fingerprint density at radius 3 is 2.93 bits per heavy atom. The standard InChI is InChI=1S/C21H20N4O2/c1-2-27-18-10-6-4-8-15(18)13-22-25-21(26)20-17-12-11-14-7-3-5-9-16(14)19(17)23-24-20/h3-10,13H,2,11-12H2,1H3,(H,23,24)(H,25,26). The molecule has 0 saturated carbocycles. The summed E-state index contributed by atoms with van der Waals surface area (Å²) in [4.78, 5) is 12.6. The second-order valence-electron chi connectivity index (χ2n) is 6.25. The van der Waals surface area contributed by atoms with E-state index in [2.05, 4.69) is 26.8 Å². The molecule has 6 nitrogen and oxygen atoms in total. The Balaban J connectivity index is 1.52. The van der Waals surface area contributed by atoms with E-state index >= 15 is 0 Å². The average molecular weight is 360 g/mol. The van der Waals surface area contributed by atoms with Crippen LogP contribution in [-0.4, -0.2) is 28.9 Å². The lowest BCUT2D eigenvalue weighted by Crippen LogP contribution is -2.20. The molecule has 4 rings (SSSR count). The second-order valence-corrected chi connectivity index (χ2v) is 6.25. The molecule has 1 heterocycles. The molecule has 1 aliphatic rings. The quantitative estimate of drug-likeness (QED) is 0.541. The zero-order valence-corrected chi connectivity index (χ0v) is 15.0. The van der Waals surface area contributed by atoms with Gasteiger partial charge in [0.1, 0.15) is 11.4 Å². The predicted molar refractivity (Wildman–Crippen MR) is 104 cm³/mol. The lowest BCUT2D eigenvalue weighted by molar-refractivity contribution is 0.0949. The second kappa shape index (κ2) is 7.45. The molecule has 0 spiro atoms. The number of hydrogen-bond acceptors (Lipinski definition) is 4. The Hall–Kier alpha value is -3.41. The summed E-state index contributed by atoms with van der Waals surface area (Å²) in [5, 5.41) is 11.3. The highest BCUT2D eigenvalue weighted by atomic mass is 16.5. The molecule has 6 heteroatoms. The number of nitrogens with zero attached hydrogens (tertiary/aromatic N) is 2. The molecule has 0 saturated heterocycles. The molecular weight excluding hydrogens is 340 g/mol. The van der Waals surface area contributed by atoms with Crippen LogP contribution >= 0.6 is 0 Å². The number of carbonyl (C=O) groups excluding carboxylic acids is 1. The van der Waals surface area contributed by atoms with Crippen LogP contribution in [0.3, 0.4) is 0 Å². The Morgan fingerprint density at radius 1 is 1.22 bits per heavy atom. The maximum atomic E-state index is 12.6. The van der Waals surface area contributed by atoms with E-state index in [1.807, 2.05) is 49.4 Å². The van der Waals surface area contributed by atoms with Crippen LogP contribution in [0.1, 0.15) is 34.1 Å². The zero-order chi connectivity index (χ0) is 18.6. The first-order chi connectivity index (χ1) is 13.3. The monoisotopic (exact) mass is 360 g/mol. The fourth-order valence-electron chi connectivity index (χ4n) is 3.34. The third kappa shape index (κ3) is 3.33. The van der Waals surface area contributed by atoms with Crippen molar-refractivity contribution >= 4 is 12.1 Å². The number of aromatic amines is 1. The Morgan fingerprint density at radius 2 is 2.04 bits per heavy atom. The first-order valence-electron chi connectivity index (χ1n) is 8.98. The maximum Gasteiger partial charge on any atom is 0.289 e. The van der Waals surface area contributed by atoms with Crippen LogP contribution in [0.2, 0.25) is 0 Å². The number of rotatable bonds is 5. The number of H-pyrrole nitrogens is 1. The van der Waals surface area contributed by atoms with Crippen molar-refractivity contribution in [3.63, 3.8) is 0 Å². The number of hydrazone groups is 1. The normalized spacial score (nSPS) is 12.5. The summed E-state index contributed by atoms with van der Waals surface area (Å²) in [6.45, 7) is 2.49. The summed E-state index contributed by atoms with van der Waals surface area (Å²) in [7, 11) is 0. The third-order valence-corrected chi connectivity index (χ3v) is 4.60. The van der Waals surface area contributed by atoms with E-state index < -0.39 is 0 Å². The van der Waals surface area contributed by atoms with Crippen molar-refractivity contribution in [2.75, 3.05) is 6.61 Å². The van der Waals surface area contributed by atoms with Gasteiger partial charge in [0.25, 0.3) is 5.91 Å². The predicted octanol–water partition coefficient (Wildman–Crippen LogP) is 3.34. The zero-order valence-electron chi connectivity index (χ0n) is 15.0. The van der Waals surface area contributed by atoms with Gasteiger partial charge in [0.2, 0.25) is 0 Å². The fourth-order valence-corrected chi connectivity index (χ4v) is 3.34. The molecule has 0 radical (unpaired) electrons. The summed E-state index contributed by atoms with van der Waals surface area (Å²) < 4.78 is 5.55. The van der Waals surface area contributed by atoms with E-state index in [1.54, 1.807) is 6.21 Å². The molecule has 0 aliphatic heterocycles. The highest BCUT2D eigenvalue weighted by molar-refractivity contribution is 5.96. The van der Waals surface area contributed by atoms with Crippen molar-refractivity contribution in [2.24, 2.45) is 5.10 Å². The van der Waals surface area contributed by atoms with Crippen molar-refractivity contribution < 1.29 is 9.53 Å². The minimum Gasteiger partial charge on any atom is -0.493 e. The number of amides is 1. The number of para-hydroxylation sites is 1. The fraction of sp³-hybridized carbons (Fsp3) is 0.190. The lowest BCUT2D eigenvalue weighted by atomic mass is 9.89. The molecule has 1 aromatic heterocycles. The topological polar surface area (TPSA) is 79.4 Å². The number of hydrogen-bond donors (Lipinski definition) is 2. The van der Waals surface area contributed by atoms with E-state index in [0.717, 1.165) is 41.0 Å². The van der Waals surface area contributed by atoms with Crippen LogP contribution in [-0.2, 0) is 12.8 Å². The van der Waals surface area contributed by atoms with Crippen molar-refractivity contribution in [1.82, 2.24) is 15.6 Å². The number of carbonyl (C=O) groups is 1. The third-order valence-electron chi connectivity index (χ3n) is 4.60.